The highest BCUT2D eigenvalue weighted by Gasteiger charge is 2.50. The lowest BCUT2D eigenvalue weighted by Crippen LogP contribution is -2.48. The van der Waals surface area contributed by atoms with Gasteiger partial charge in [0.15, 0.2) is 0 Å². The maximum absolute atomic E-state index is 13.8. The van der Waals surface area contributed by atoms with Crippen LogP contribution in [0.2, 0.25) is 0 Å². The molecule has 37 heavy (non-hydrogen) atoms. The van der Waals surface area contributed by atoms with Crippen LogP contribution in [0.3, 0.4) is 0 Å². The van der Waals surface area contributed by atoms with Crippen LogP contribution in [0.15, 0.2) is 71.6 Å². The van der Waals surface area contributed by atoms with Crippen molar-refractivity contribution in [2.45, 2.75) is 23.4 Å². The van der Waals surface area contributed by atoms with Crippen molar-refractivity contribution in [2.24, 2.45) is 5.92 Å². The zero-order valence-corrected chi connectivity index (χ0v) is 21.9. The van der Waals surface area contributed by atoms with Gasteiger partial charge in [0.1, 0.15) is 11.5 Å². The summed E-state index contributed by atoms with van der Waals surface area (Å²) in [6.45, 7) is 0.335. The molecular formula is C29H30N2O5S. The number of aliphatic hydroxyl groups is 1. The molecule has 0 unspecified atom stereocenters. The predicted molar refractivity (Wildman–Crippen MR) is 142 cm³/mol. The molecule has 1 fully saturated rings. The van der Waals surface area contributed by atoms with Gasteiger partial charge in [-0.05, 0) is 78.7 Å². The number of methoxy groups -OCH3 is 2. The molecule has 0 spiro atoms. The molecule has 0 aliphatic carbocycles. The van der Waals surface area contributed by atoms with Crippen LogP contribution in [0.1, 0.15) is 29.2 Å². The van der Waals surface area contributed by atoms with Gasteiger partial charge < -0.3 is 19.5 Å². The largest absolute Gasteiger partial charge is 0.497 e. The number of fused-ring (bicyclic) bond motifs is 3. The van der Waals surface area contributed by atoms with Crippen LogP contribution in [-0.4, -0.2) is 58.3 Å². The summed E-state index contributed by atoms with van der Waals surface area (Å²) in [5.41, 5.74) is 3.48. The van der Waals surface area contributed by atoms with Crippen molar-refractivity contribution in [3.63, 3.8) is 0 Å². The zero-order chi connectivity index (χ0) is 26.2. The average Bonchev–Trinajstić information content (AvgIpc) is 3.38. The summed E-state index contributed by atoms with van der Waals surface area (Å²) in [4.78, 5) is 2.30. The third kappa shape index (κ3) is 4.55. The van der Waals surface area contributed by atoms with Crippen LogP contribution in [0.5, 0.6) is 11.5 Å². The summed E-state index contributed by atoms with van der Waals surface area (Å²) >= 11 is 0. The Morgan fingerprint density at radius 3 is 2.14 bits per heavy atom. The van der Waals surface area contributed by atoms with Crippen molar-refractivity contribution in [1.82, 2.24) is 4.31 Å². The van der Waals surface area contributed by atoms with Gasteiger partial charge >= 0.3 is 0 Å². The minimum Gasteiger partial charge on any atom is -0.497 e. The van der Waals surface area contributed by atoms with Gasteiger partial charge in [-0.1, -0.05) is 11.8 Å². The van der Waals surface area contributed by atoms with E-state index in [2.05, 4.69) is 16.7 Å². The van der Waals surface area contributed by atoms with Crippen molar-refractivity contribution in [3.8, 4) is 23.3 Å². The Bertz CT molecular complexity index is 1440. The maximum Gasteiger partial charge on any atom is 0.243 e. The number of nitrogens with zero attached hydrogens (tertiary/aromatic N) is 2. The molecule has 3 atom stereocenters. The number of hydrogen-bond acceptors (Lipinski definition) is 6. The molecule has 5 rings (SSSR count). The van der Waals surface area contributed by atoms with E-state index in [-0.39, 0.29) is 23.5 Å². The Labute approximate surface area is 218 Å². The summed E-state index contributed by atoms with van der Waals surface area (Å²) in [6.07, 6.45) is 0.664. The summed E-state index contributed by atoms with van der Waals surface area (Å²) in [5.74, 6) is 7.74. The SMILES string of the molecule is COc1ccc(C#Cc2ccc3c(c2)[C@H]2[C@H](CCN2S(=O)(=O)c2ccc(OC)cc2)[C@@H](CO)N3C)cc1. The molecular weight excluding hydrogens is 488 g/mol. The first-order chi connectivity index (χ1) is 17.9. The fourth-order valence-electron chi connectivity index (χ4n) is 5.46. The first-order valence-corrected chi connectivity index (χ1v) is 13.6. The number of likely N-dealkylation sites (N-methyl/N-ethyl adjacent to an activating group) is 1. The van der Waals surface area contributed by atoms with Gasteiger partial charge in [-0.15, -0.1) is 0 Å². The van der Waals surface area contributed by atoms with Crippen LogP contribution < -0.4 is 14.4 Å². The molecule has 1 saturated heterocycles. The molecule has 192 valence electrons. The smallest absolute Gasteiger partial charge is 0.243 e. The lowest BCUT2D eigenvalue weighted by molar-refractivity contribution is 0.193. The molecule has 3 aromatic rings. The predicted octanol–water partition coefficient (Wildman–Crippen LogP) is 3.67. The number of hydrogen-bond donors (Lipinski definition) is 1. The Morgan fingerprint density at radius 2 is 1.51 bits per heavy atom. The van der Waals surface area contributed by atoms with Gasteiger partial charge in [-0.25, -0.2) is 8.42 Å². The van der Waals surface area contributed by atoms with E-state index in [1.54, 1.807) is 42.8 Å². The Balaban J connectivity index is 1.54. The maximum atomic E-state index is 13.8. The summed E-state index contributed by atoms with van der Waals surface area (Å²) in [6, 6.07) is 19.4. The number of sulfonamides is 1. The molecule has 1 N–H and O–H groups in total. The monoisotopic (exact) mass is 518 g/mol. The second kappa shape index (κ2) is 10.1. The molecule has 8 heteroatoms. The van der Waals surface area contributed by atoms with E-state index >= 15 is 0 Å². The lowest BCUT2D eigenvalue weighted by Gasteiger charge is -2.44. The van der Waals surface area contributed by atoms with E-state index in [0.717, 1.165) is 28.1 Å². The molecule has 0 aromatic heterocycles. The summed E-state index contributed by atoms with van der Waals surface area (Å²) in [7, 11) is 1.36. The van der Waals surface area contributed by atoms with E-state index in [0.29, 0.717) is 18.7 Å². The molecule has 0 amide bonds. The number of ether oxygens (including phenoxy) is 2. The lowest BCUT2D eigenvalue weighted by atomic mass is 9.82. The van der Waals surface area contributed by atoms with E-state index in [1.165, 1.54) is 0 Å². The van der Waals surface area contributed by atoms with Gasteiger partial charge in [0.25, 0.3) is 0 Å². The Hall–Kier alpha value is -3.51. The van der Waals surface area contributed by atoms with Gasteiger partial charge in [0.2, 0.25) is 10.0 Å². The highest BCUT2D eigenvalue weighted by Crippen LogP contribution is 2.50. The normalized spacial score (nSPS) is 21.0. The van der Waals surface area contributed by atoms with E-state index in [4.69, 9.17) is 9.47 Å². The Kier molecular flexibility index (Phi) is 6.86. The average molecular weight is 519 g/mol. The van der Waals surface area contributed by atoms with Crippen molar-refractivity contribution in [1.29, 1.82) is 0 Å². The minimum atomic E-state index is -3.77. The molecule has 0 radical (unpaired) electrons. The number of aliphatic hydroxyl groups excluding tert-OH is 1. The van der Waals surface area contributed by atoms with Gasteiger partial charge in [-0.2, -0.15) is 4.31 Å². The second-order valence-corrected chi connectivity index (χ2v) is 11.2. The fourth-order valence-corrected chi connectivity index (χ4v) is 7.13. The molecule has 0 saturated carbocycles. The molecule has 3 aromatic carbocycles. The molecule has 2 aliphatic rings. The number of benzene rings is 3. The molecule has 2 heterocycles. The zero-order valence-electron chi connectivity index (χ0n) is 21.1. The summed E-state index contributed by atoms with van der Waals surface area (Å²) in [5, 5.41) is 10.2. The van der Waals surface area contributed by atoms with E-state index in [9.17, 15) is 13.5 Å². The van der Waals surface area contributed by atoms with Gasteiger partial charge in [-0.3, -0.25) is 0 Å². The highest BCUT2D eigenvalue weighted by molar-refractivity contribution is 7.89. The highest BCUT2D eigenvalue weighted by atomic mass is 32.2. The minimum absolute atomic E-state index is 0.0414. The van der Waals surface area contributed by atoms with Crippen LogP contribution in [0.4, 0.5) is 5.69 Å². The standard InChI is InChI=1S/C29H30N2O5S/c1-30-27-15-8-21(5-4-20-6-9-22(35-2)10-7-20)18-26(27)29-25(28(30)19-32)16-17-31(29)37(33,34)24-13-11-23(36-3)12-14-24/h6-15,18,25,28-29,32H,16-17,19H2,1-3H3/t25-,28-,29-/m1/s1. The van der Waals surface area contributed by atoms with Crippen molar-refractivity contribution in [3.05, 3.63) is 83.4 Å². The topological polar surface area (TPSA) is 79.3 Å². The first-order valence-electron chi connectivity index (χ1n) is 12.2. The number of anilines is 1. The molecule has 0 bridgehead atoms. The van der Waals surface area contributed by atoms with E-state index < -0.39 is 16.1 Å². The number of rotatable bonds is 5. The van der Waals surface area contributed by atoms with Crippen LogP contribution in [0, 0.1) is 17.8 Å². The van der Waals surface area contributed by atoms with Crippen LogP contribution >= 0.6 is 0 Å². The third-order valence-electron chi connectivity index (χ3n) is 7.41. The van der Waals surface area contributed by atoms with Crippen LogP contribution in [0.25, 0.3) is 0 Å². The van der Waals surface area contributed by atoms with Gasteiger partial charge in [0, 0.05) is 36.3 Å². The third-order valence-corrected chi connectivity index (χ3v) is 9.31. The Morgan fingerprint density at radius 1 is 0.919 bits per heavy atom. The quantitative estimate of drug-likeness (QED) is 0.520. The molecule has 2 aliphatic heterocycles. The van der Waals surface area contributed by atoms with Crippen molar-refractivity contribution < 1.29 is 23.0 Å². The van der Waals surface area contributed by atoms with Crippen molar-refractivity contribution >= 4 is 15.7 Å². The van der Waals surface area contributed by atoms with Gasteiger partial charge in [0.05, 0.1) is 37.8 Å². The van der Waals surface area contributed by atoms with Crippen molar-refractivity contribution in [2.75, 3.05) is 39.3 Å². The fraction of sp³-hybridized carbons (Fsp3) is 0.310. The second-order valence-electron chi connectivity index (χ2n) is 9.30. The molecule has 7 nitrogen and oxygen atoms in total. The van der Waals surface area contributed by atoms with E-state index in [1.807, 2.05) is 49.5 Å². The summed E-state index contributed by atoms with van der Waals surface area (Å²) < 4.78 is 39.6. The first kappa shape index (κ1) is 25.2. The van der Waals surface area contributed by atoms with Crippen LogP contribution in [-0.2, 0) is 10.0 Å².